The Labute approximate surface area is 476 Å². The van der Waals surface area contributed by atoms with Crippen molar-refractivity contribution < 1.29 is 57.3 Å². The molecule has 1 N–H and O–H groups in total. The van der Waals surface area contributed by atoms with Crippen LogP contribution in [-0.4, -0.2) is 126 Å². The molecule has 0 saturated heterocycles. The maximum absolute atomic E-state index is 14.1. The van der Waals surface area contributed by atoms with E-state index in [0.717, 1.165) is 33.4 Å². The van der Waals surface area contributed by atoms with Gasteiger partial charge in [-0.05, 0) is 89.8 Å². The second kappa shape index (κ2) is 25.8. The lowest BCUT2D eigenvalue weighted by Crippen LogP contribution is -2.45. The Morgan fingerprint density at radius 2 is 1.23 bits per heavy atom. The van der Waals surface area contributed by atoms with Gasteiger partial charge in [0.15, 0.2) is 17.3 Å². The van der Waals surface area contributed by atoms with Gasteiger partial charge in [-0.15, -0.1) is 0 Å². The molecule has 5 aliphatic rings. The Bertz CT molecular complexity index is 3320. The van der Waals surface area contributed by atoms with E-state index >= 15 is 0 Å². The molecule has 5 heterocycles. The van der Waals surface area contributed by atoms with Gasteiger partial charge in [0.05, 0.1) is 73.6 Å². The molecule has 4 atom stereocenters. The molecule has 0 aliphatic carbocycles. The Morgan fingerprint density at radius 1 is 0.659 bits per heavy atom. The van der Waals surface area contributed by atoms with Crippen LogP contribution in [0.5, 0.6) is 17.2 Å². The van der Waals surface area contributed by atoms with Crippen molar-refractivity contribution in [2.75, 3.05) is 34.0 Å². The Morgan fingerprint density at radius 3 is 1.82 bits per heavy atom. The normalized spacial score (nSPS) is 17.6. The molecule has 5 aliphatic heterocycles. The lowest BCUT2D eigenvalue weighted by molar-refractivity contribution is -0.137. The predicted molar refractivity (Wildman–Crippen MR) is 309 cm³/mol. The third-order valence-electron chi connectivity index (χ3n) is 15.5. The highest BCUT2D eigenvalue weighted by Gasteiger charge is 2.36. The summed E-state index contributed by atoms with van der Waals surface area (Å²) in [6, 6.07) is 20.7. The number of fused-ring (bicyclic) bond motifs is 4. The minimum atomic E-state index is -0.715. The molecule has 426 valence electrons. The molecular formula is C64H68N6O12. The van der Waals surface area contributed by atoms with Gasteiger partial charge in [0.1, 0.15) is 11.5 Å². The highest BCUT2D eigenvalue weighted by molar-refractivity contribution is 6.13. The fourth-order valence-corrected chi connectivity index (χ4v) is 10.7. The molecule has 4 aromatic carbocycles. The van der Waals surface area contributed by atoms with Gasteiger partial charge in [-0.3, -0.25) is 48.4 Å². The number of hydrogen-bond acceptors (Lipinski definition) is 14. The second-order valence-electron chi connectivity index (χ2n) is 21.6. The zero-order valence-corrected chi connectivity index (χ0v) is 47.1. The van der Waals surface area contributed by atoms with Gasteiger partial charge in [0, 0.05) is 100 Å². The number of imide groups is 1. The number of carbonyl (C=O) groups excluding carboxylic acids is 8. The number of aryl methyl sites for hydroxylation is 2. The van der Waals surface area contributed by atoms with Gasteiger partial charge >= 0.3 is 5.97 Å². The summed E-state index contributed by atoms with van der Waals surface area (Å²) >= 11 is 0. The summed E-state index contributed by atoms with van der Waals surface area (Å²) in [7, 11) is 2.86. The van der Waals surface area contributed by atoms with Crippen LogP contribution in [0.25, 0.3) is 11.1 Å². The number of ketones is 2. The molecule has 0 radical (unpaired) electrons. The second-order valence-corrected chi connectivity index (χ2v) is 21.6. The SMILES string of the molecule is COC(=O)c1ccc(C2=CN3C(=O)c4cc(C)c(OCCCOc5cc6c(cc5OC)C(=O)N5C=C(c7ccc(CCC(=O)C(C)CC(=O)[C@@H](NC(=O)CCCCCN8C(=O)C=CC8=O)C(C)C)cc7)C[C@H]5C=N6)cc4N=C[C@@H]3C2)cc1. The highest BCUT2D eigenvalue weighted by Crippen LogP contribution is 2.41. The first-order chi connectivity index (χ1) is 39.5. The zero-order chi connectivity index (χ0) is 58.2. The van der Waals surface area contributed by atoms with Gasteiger partial charge in [-0.2, -0.15) is 0 Å². The number of methoxy groups -OCH3 is 2. The van der Waals surface area contributed by atoms with Gasteiger partial charge < -0.3 is 34.1 Å². The minimum Gasteiger partial charge on any atom is -0.493 e. The third kappa shape index (κ3) is 13.2. The van der Waals surface area contributed by atoms with E-state index in [1.165, 1.54) is 31.3 Å². The molecular weight excluding hydrogens is 1040 g/mol. The van der Waals surface area contributed by atoms with Crippen molar-refractivity contribution in [3.8, 4) is 17.2 Å². The average Bonchev–Trinajstić information content (AvgIpc) is 4.38. The van der Waals surface area contributed by atoms with Crippen LogP contribution < -0.4 is 19.5 Å². The first-order valence-corrected chi connectivity index (χ1v) is 27.9. The summed E-state index contributed by atoms with van der Waals surface area (Å²) in [5.74, 6) is -1.16. The molecule has 18 heteroatoms. The molecule has 0 bridgehead atoms. The Hall–Kier alpha value is -8.80. The molecule has 0 spiro atoms. The van der Waals surface area contributed by atoms with E-state index in [4.69, 9.17) is 28.9 Å². The van der Waals surface area contributed by atoms with Crippen molar-refractivity contribution in [3.63, 3.8) is 0 Å². The third-order valence-corrected chi connectivity index (χ3v) is 15.5. The number of nitrogens with one attached hydrogen (secondary N) is 1. The summed E-state index contributed by atoms with van der Waals surface area (Å²) in [5.41, 5.74) is 7.83. The number of amides is 5. The van der Waals surface area contributed by atoms with E-state index in [1.807, 2.05) is 75.6 Å². The smallest absolute Gasteiger partial charge is 0.337 e. The zero-order valence-electron chi connectivity index (χ0n) is 47.1. The van der Waals surface area contributed by atoms with E-state index in [2.05, 4.69) is 5.32 Å². The topological polar surface area (TPSA) is 220 Å². The van der Waals surface area contributed by atoms with E-state index in [-0.39, 0.29) is 85.0 Å². The van der Waals surface area contributed by atoms with Crippen molar-refractivity contribution in [2.45, 2.75) is 110 Å². The summed E-state index contributed by atoms with van der Waals surface area (Å²) in [5, 5.41) is 2.87. The predicted octanol–water partition coefficient (Wildman–Crippen LogP) is 9.30. The summed E-state index contributed by atoms with van der Waals surface area (Å²) < 4.78 is 22.9. The number of unbranched alkanes of at least 4 members (excludes halogenated alkanes) is 2. The lowest BCUT2D eigenvalue weighted by atomic mass is 9.89. The molecule has 0 saturated carbocycles. The van der Waals surface area contributed by atoms with Crippen molar-refractivity contribution in [1.82, 2.24) is 20.0 Å². The molecule has 5 amide bonds. The van der Waals surface area contributed by atoms with Crippen LogP contribution >= 0.6 is 0 Å². The quantitative estimate of drug-likeness (QED) is 0.0373. The van der Waals surface area contributed by atoms with Crippen molar-refractivity contribution in [1.29, 1.82) is 0 Å². The summed E-state index contributed by atoms with van der Waals surface area (Å²) in [6.07, 6.45) is 14.2. The number of benzene rings is 4. The molecule has 0 fully saturated rings. The lowest BCUT2D eigenvalue weighted by Gasteiger charge is -2.22. The van der Waals surface area contributed by atoms with Gasteiger partial charge in [-0.1, -0.05) is 63.6 Å². The van der Waals surface area contributed by atoms with Crippen LogP contribution in [0.15, 0.2) is 107 Å². The Balaban J connectivity index is 0.720. The van der Waals surface area contributed by atoms with Crippen molar-refractivity contribution in [2.24, 2.45) is 21.8 Å². The van der Waals surface area contributed by atoms with Gasteiger partial charge in [0.25, 0.3) is 23.6 Å². The number of nitrogens with zero attached hydrogens (tertiary/aromatic N) is 5. The molecule has 1 unspecified atom stereocenters. The van der Waals surface area contributed by atoms with E-state index in [1.54, 1.807) is 59.5 Å². The van der Waals surface area contributed by atoms with Gasteiger partial charge in [0.2, 0.25) is 5.91 Å². The monoisotopic (exact) mass is 1110 g/mol. The molecule has 18 nitrogen and oxygen atoms in total. The first-order valence-electron chi connectivity index (χ1n) is 27.9. The standard InChI is InChI=1S/C64H68N6O12/c1-38(2)61(67-58(73)11-8-7-9-24-68-59(74)22-23-60(68)75)54(72)28-39(3)53(71)21-14-41-12-15-42(16-13-41)45-29-48-35-66-52-33-57(56(79-5)31-50(52)63(77)70(48)36-45)82-26-10-25-81-55-32-51-49(27-40(55)4)62(76)69-37-46(30-47(69)34-65-51)43-17-19-44(20-18-43)64(78)80-6/h12-13,15-20,22-23,27,31-39,47-48,61H,7-11,14,21,24-26,28-30H2,1-6H3,(H,67,73)/t39?,47-,48-,61-/m0/s1. The fraction of sp³-hybridized carbons (Fsp3) is 0.375. The number of ether oxygens (including phenoxy) is 4. The van der Waals surface area contributed by atoms with Crippen LogP contribution in [0.1, 0.15) is 132 Å². The fourth-order valence-electron chi connectivity index (χ4n) is 10.7. The number of Topliss-reactive ketones (excluding diaryl/α,β-unsaturated/α-hetero) is 2. The largest absolute Gasteiger partial charge is 0.493 e. The van der Waals surface area contributed by atoms with Crippen LogP contribution in [0.2, 0.25) is 0 Å². The number of esters is 1. The van der Waals surface area contributed by atoms with Crippen molar-refractivity contribution in [3.05, 3.63) is 136 Å². The van der Waals surface area contributed by atoms with Crippen LogP contribution in [0, 0.1) is 18.8 Å². The van der Waals surface area contributed by atoms with E-state index < -0.39 is 17.9 Å². The van der Waals surface area contributed by atoms with Crippen LogP contribution in [0.4, 0.5) is 11.4 Å². The number of rotatable bonds is 25. The number of carbonyl (C=O) groups is 8. The summed E-state index contributed by atoms with van der Waals surface area (Å²) in [4.78, 5) is 117. The average molecular weight is 1110 g/mol. The van der Waals surface area contributed by atoms with E-state index in [0.29, 0.717) is 103 Å². The first kappa shape index (κ1) is 57.9. The van der Waals surface area contributed by atoms with Crippen LogP contribution in [-0.2, 0) is 35.1 Å². The molecule has 0 aromatic heterocycles. The Kier molecular flexibility index (Phi) is 18.2. The molecule has 9 rings (SSSR count). The van der Waals surface area contributed by atoms with Crippen LogP contribution in [0.3, 0.4) is 0 Å². The highest BCUT2D eigenvalue weighted by atomic mass is 16.5. The molecule has 4 aromatic rings. The maximum Gasteiger partial charge on any atom is 0.337 e. The van der Waals surface area contributed by atoms with E-state index in [9.17, 15) is 38.4 Å². The van der Waals surface area contributed by atoms with Crippen molar-refractivity contribution >= 4 is 82.0 Å². The summed E-state index contributed by atoms with van der Waals surface area (Å²) in [6.45, 7) is 8.26. The molecule has 82 heavy (non-hydrogen) atoms. The number of hydrogen-bond donors (Lipinski definition) is 1. The minimum absolute atomic E-state index is 0.0209. The maximum atomic E-state index is 14.1. The van der Waals surface area contributed by atoms with Gasteiger partial charge in [-0.25, -0.2) is 4.79 Å². The number of aliphatic imine (C=N–C) groups is 2.